The van der Waals surface area contributed by atoms with Gasteiger partial charge in [0.2, 0.25) is 0 Å². The first-order valence-corrected chi connectivity index (χ1v) is 6.34. The number of hydrogen-bond acceptors (Lipinski definition) is 5. The Balaban J connectivity index is 1.83. The summed E-state index contributed by atoms with van der Waals surface area (Å²) in [5.41, 5.74) is 0.456. The Morgan fingerprint density at radius 3 is 2.42 bits per heavy atom. The van der Waals surface area contributed by atoms with Crippen molar-refractivity contribution in [2.24, 2.45) is 5.92 Å². The van der Waals surface area contributed by atoms with Gasteiger partial charge in [0.25, 0.3) is 5.91 Å². The molecule has 6 nitrogen and oxygen atoms in total. The molecule has 1 aromatic heterocycles. The number of carbonyl (C=O) groups excluding carboxylic acids is 2. The lowest BCUT2D eigenvalue weighted by Crippen LogP contribution is -2.39. The Bertz CT molecular complexity index is 442. The van der Waals surface area contributed by atoms with Crippen LogP contribution in [0.2, 0.25) is 0 Å². The molecule has 1 saturated carbocycles. The summed E-state index contributed by atoms with van der Waals surface area (Å²) in [5.74, 6) is -0.346. The minimum absolute atomic E-state index is 0.0294. The van der Waals surface area contributed by atoms with Crippen LogP contribution in [0.1, 0.15) is 36.0 Å². The van der Waals surface area contributed by atoms with E-state index in [0.717, 1.165) is 25.7 Å². The summed E-state index contributed by atoms with van der Waals surface area (Å²) in [7, 11) is 1.41. The molecule has 0 unspecified atom stereocenters. The number of carbonyl (C=O) groups is 2. The van der Waals surface area contributed by atoms with Gasteiger partial charge < -0.3 is 10.1 Å². The van der Waals surface area contributed by atoms with Crippen molar-refractivity contribution in [3.8, 4) is 0 Å². The number of ether oxygens (including phenoxy) is 1. The van der Waals surface area contributed by atoms with E-state index in [1.807, 2.05) is 0 Å². The van der Waals surface area contributed by atoms with Crippen LogP contribution in [0.5, 0.6) is 0 Å². The average Bonchev–Trinajstić information content (AvgIpc) is 2.48. The number of aromatic nitrogens is 2. The highest BCUT2D eigenvalue weighted by atomic mass is 16.5. The summed E-state index contributed by atoms with van der Waals surface area (Å²) in [6, 6.07) is 0.105. The van der Waals surface area contributed by atoms with E-state index in [9.17, 15) is 9.59 Å². The predicted molar refractivity (Wildman–Crippen MR) is 67.3 cm³/mol. The first-order chi connectivity index (χ1) is 9.20. The molecule has 2 rings (SSSR count). The normalized spacial score (nSPS) is 22.6. The topological polar surface area (TPSA) is 81.2 Å². The number of nitrogens with one attached hydrogen (secondary N) is 1. The maximum absolute atomic E-state index is 11.9. The van der Waals surface area contributed by atoms with E-state index >= 15 is 0 Å². The first kappa shape index (κ1) is 13.5. The van der Waals surface area contributed by atoms with Crippen LogP contribution < -0.4 is 5.32 Å². The smallest absolute Gasteiger partial charge is 0.308 e. The summed E-state index contributed by atoms with van der Waals surface area (Å²) in [6.45, 7) is 0. The van der Waals surface area contributed by atoms with Crippen molar-refractivity contribution in [3.63, 3.8) is 0 Å². The molecule has 1 amide bonds. The molecule has 0 bridgehead atoms. The maximum Gasteiger partial charge on any atom is 0.308 e. The highest BCUT2D eigenvalue weighted by molar-refractivity contribution is 5.93. The lowest BCUT2D eigenvalue weighted by molar-refractivity contribution is -0.146. The van der Waals surface area contributed by atoms with Crippen LogP contribution >= 0.6 is 0 Å². The molecule has 0 spiro atoms. The van der Waals surface area contributed by atoms with Gasteiger partial charge in [0, 0.05) is 18.4 Å². The number of esters is 1. The summed E-state index contributed by atoms with van der Waals surface area (Å²) < 4.78 is 4.73. The largest absolute Gasteiger partial charge is 0.469 e. The maximum atomic E-state index is 11.9. The van der Waals surface area contributed by atoms with Crippen molar-refractivity contribution < 1.29 is 14.3 Å². The van der Waals surface area contributed by atoms with Crippen molar-refractivity contribution in [2.75, 3.05) is 7.11 Å². The second-order valence-electron chi connectivity index (χ2n) is 4.67. The standard InChI is InChI=1S/C13H17N3O3/c1-19-13(18)9-2-4-11(5-3-9)16-12(17)10-6-14-8-15-7-10/h6-9,11H,2-5H2,1H3,(H,16,17). The zero-order valence-corrected chi connectivity index (χ0v) is 10.8. The first-order valence-electron chi connectivity index (χ1n) is 6.34. The number of hydrogen-bond donors (Lipinski definition) is 1. The van der Waals surface area contributed by atoms with Gasteiger partial charge >= 0.3 is 5.97 Å². The van der Waals surface area contributed by atoms with Crippen molar-refractivity contribution in [1.29, 1.82) is 0 Å². The predicted octanol–water partition coefficient (Wildman–Crippen LogP) is 0.938. The molecule has 1 aliphatic carbocycles. The monoisotopic (exact) mass is 263 g/mol. The van der Waals surface area contributed by atoms with Crippen LogP contribution in [-0.2, 0) is 9.53 Å². The SMILES string of the molecule is COC(=O)C1CCC(NC(=O)c2cncnc2)CC1. The third kappa shape index (κ3) is 3.49. The van der Waals surface area contributed by atoms with Gasteiger partial charge in [-0.15, -0.1) is 0 Å². The fraction of sp³-hybridized carbons (Fsp3) is 0.538. The fourth-order valence-corrected chi connectivity index (χ4v) is 2.33. The Morgan fingerprint density at radius 1 is 1.21 bits per heavy atom. The Kier molecular flexibility index (Phi) is 4.43. The van der Waals surface area contributed by atoms with Crippen LogP contribution in [0.4, 0.5) is 0 Å². The molecule has 1 aromatic rings. The summed E-state index contributed by atoms with van der Waals surface area (Å²) >= 11 is 0. The van der Waals surface area contributed by atoms with E-state index in [-0.39, 0.29) is 23.8 Å². The lowest BCUT2D eigenvalue weighted by atomic mass is 9.86. The molecular weight excluding hydrogens is 246 g/mol. The van der Waals surface area contributed by atoms with Crippen LogP contribution in [-0.4, -0.2) is 35.0 Å². The fourth-order valence-electron chi connectivity index (χ4n) is 2.33. The Labute approximate surface area is 111 Å². The molecule has 1 N–H and O–H groups in total. The van der Waals surface area contributed by atoms with E-state index in [1.54, 1.807) is 0 Å². The van der Waals surface area contributed by atoms with Crippen LogP contribution in [0, 0.1) is 5.92 Å². The molecule has 6 heteroatoms. The van der Waals surface area contributed by atoms with Crippen LogP contribution in [0.25, 0.3) is 0 Å². The van der Waals surface area contributed by atoms with E-state index in [1.165, 1.54) is 25.8 Å². The van der Waals surface area contributed by atoms with E-state index < -0.39 is 0 Å². The number of nitrogens with zero attached hydrogens (tertiary/aromatic N) is 2. The van der Waals surface area contributed by atoms with Gasteiger partial charge in [0.15, 0.2) is 0 Å². The highest BCUT2D eigenvalue weighted by Gasteiger charge is 2.27. The zero-order valence-electron chi connectivity index (χ0n) is 10.8. The summed E-state index contributed by atoms with van der Waals surface area (Å²) in [5, 5.41) is 2.94. The Hall–Kier alpha value is -1.98. The van der Waals surface area contributed by atoms with Gasteiger partial charge in [-0.05, 0) is 25.7 Å². The van der Waals surface area contributed by atoms with Gasteiger partial charge in [0.1, 0.15) is 6.33 Å². The second-order valence-corrected chi connectivity index (χ2v) is 4.67. The highest BCUT2D eigenvalue weighted by Crippen LogP contribution is 2.25. The molecule has 1 aliphatic rings. The quantitative estimate of drug-likeness (QED) is 0.821. The lowest BCUT2D eigenvalue weighted by Gasteiger charge is -2.27. The minimum atomic E-state index is -0.165. The molecule has 1 fully saturated rings. The number of rotatable bonds is 3. The zero-order chi connectivity index (χ0) is 13.7. The van der Waals surface area contributed by atoms with Crippen molar-refractivity contribution in [1.82, 2.24) is 15.3 Å². The van der Waals surface area contributed by atoms with Gasteiger partial charge in [-0.25, -0.2) is 9.97 Å². The van der Waals surface area contributed by atoms with Gasteiger partial charge in [-0.1, -0.05) is 0 Å². The molecule has 0 saturated heterocycles. The summed E-state index contributed by atoms with van der Waals surface area (Å²) in [6.07, 6.45) is 7.45. The van der Waals surface area contributed by atoms with E-state index in [0.29, 0.717) is 5.56 Å². The van der Waals surface area contributed by atoms with Crippen molar-refractivity contribution in [2.45, 2.75) is 31.7 Å². The number of amides is 1. The molecule has 0 atom stereocenters. The molecule has 102 valence electrons. The summed E-state index contributed by atoms with van der Waals surface area (Å²) in [4.78, 5) is 30.9. The van der Waals surface area contributed by atoms with E-state index in [4.69, 9.17) is 4.74 Å². The number of methoxy groups -OCH3 is 1. The second kappa shape index (κ2) is 6.26. The molecule has 1 heterocycles. The minimum Gasteiger partial charge on any atom is -0.469 e. The van der Waals surface area contributed by atoms with Gasteiger partial charge in [0.05, 0.1) is 18.6 Å². The molecule has 0 radical (unpaired) electrons. The average molecular weight is 263 g/mol. The molecule has 0 aliphatic heterocycles. The molecular formula is C13H17N3O3. The third-order valence-electron chi connectivity index (χ3n) is 3.42. The Morgan fingerprint density at radius 2 is 1.84 bits per heavy atom. The van der Waals surface area contributed by atoms with E-state index in [2.05, 4.69) is 15.3 Å². The van der Waals surface area contributed by atoms with Crippen LogP contribution in [0.3, 0.4) is 0 Å². The van der Waals surface area contributed by atoms with Crippen molar-refractivity contribution >= 4 is 11.9 Å². The van der Waals surface area contributed by atoms with Crippen LogP contribution in [0.15, 0.2) is 18.7 Å². The van der Waals surface area contributed by atoms with Crippen molar-refractivity contribution in [3.05, 3.63) is 24.3 Å². The third-order valence-corrected chi connectivity index (χ3v) is 3.42. The molecule has 0 aromatic carbocycles. The van der Waals surface area contributed by atoms with Gasteiger partial charge in [-0.2, -0.15) is 0 Å². The molecule has 19 heavy (non-hydrogen) atoms. The van der Waals surface area contributed by atoms with Gasteiger partial charge in [-0.3, -0.25) is 9.59 Å².